The molecule has 5 nitrogen and oxygen atoms in total. The van der Waals surface area contributed by atoms with Crippen LogP contribution in [0.5, 0.6) is 0 Å². The summed E-state index contributed by atoms with van der Waals surface area (Å²) in [5.41, 5.74) is 2.18. The molecule has 0 saturated carbocycles. The van der Waals surface area contributed by atoms with Crippen LogP contribution in [0.4, 0.5) is 5.69 Å². The largest absolute Gasteiger partial charge is 0.465 e. The predicted molar refractivity (Wildman–Crippen MR) is 105 cm³/mol. The normalized spacial score (nSPS) is 11.9. The second-order valence-electron chi connectivity index (χ2n) is 6.02. The van der Waals surface area contributed by atoms with Gasteiger partial charge in [-0.25, -0.2) is 0 Å². The van der Waals surface area contributed by atoms with Crippen molar-refractivity contribution in [2.75, 3.05) is 5.32 Å². The Morgan fingerprint density at radius 3 is 2.37 bits per heavy atom. The average molecular weight is 360 g/mol. The number of anilines is 1. The fourth-order valence-corrected chi connectivity index (χ4v) is 2.54. The van der Waals surface area contributed by atoms with E-state index in [4.69, 9.17) is 4.42 Å². The molecule has 2 aromatic carbocycles. The van der Waals surface area contributed by atoms with Gasteiger partial charge in [0.1, 0.15) is 5.76 Å². The van der Waals surface area contributed by atoms with Gasteiger partial charge in [0.15, 0.2) is 0 Å². The van der Waals surface area contributed by atoms with E-state index in [1.54, 1.807) is 48.7 Å². The highest BCUT2D eigenvalue weighted by molar-refractivity contribution is 6.02. The van der Waals surface area contributed by atoms with Crippen molar-refractivity contribution in [2.45, 2.75) is 13.0 Å². The smallest absolute Gasteiger partial charge is 0.251 e. The summed E-state index contributed by atoms with van der Waals surface area (Å²) in [6.45, 7) is 1.94. The van der Waals surface area contributed by atoms with Crippen molar-refractivity contribution < 1.29 is 14.0 Å². The molecule has 0 saturated heterocycles. The van der Waals surface area contributed by atoms with Crippen LogP contribution in [-0.2, 0) is 4.79 Å². The Hall–Kier alpha value is -3.60. The van der Waals surface area contributed by atoms with Gasteiger partial charge < -0.3 is 15.1 Å². The van der Waals surface area contributed by atoms with Gasteiger partial charge in [-0.15, -0.1) is 0 Å². The van der Waals surface area contributed by atoms with E-state index in [9.17, 15) is 9.59 Å². The van der Waals surface area contributed by atoms with Gasteiger partial charge >= 0.3 is 0 Å². The van der Waals surface area contributed by atoms with Gasteiger partial charge in [0.05, 0.1) is 12.3 Å². The second kappa shape index (κ2) is 8.67. The van der Waals surface area contributed by atoms with Gasteiger partial charge in [-0.1, -0.05) is 30.3 Å². The van der Waals surface area contributed by atoms with E-state index < -0.39 is 0 Å². The lowest BCUT2D eigenvalue weighted by Crippen LogP contribution is -2.26. The Bertz CT molecular complexity index is 914. The van der Waals surface area contributed by atoms with E-state index in [-0.39, 0.29) is 17.9 Å². The lowest BCUT2D eigenvalue weighted by Gasteiger charge is -2.14. The standard InChI is InChI=1S/C22H20N2O3/c1-16(17-6-3-2-4-7-17)23-22(26)18-9-11-19(12-10-18)24-21(25)14-13-20-8-5-15-27-20/h2-16H,1H3,(H,23,26)(H,24,25)/b14-13+/t16-/m0/s1. The zero-order valence-electron chi connectivity index (χ0n) is 14.9. The molecule has 1 atom stereocenters. The van der Waals surface area contributed by atoms with Gasteiger partial charge in [0.25, 0.3) is 5.91 Å². The molecule has 0 fully saturated rings. The van der Waals surface area contributed by atoms with Gasteiger partial charge in [0, 0.05) is 17.3 Å². The molecule has 0 aliphatic rings. The molecular formula is C22H20N2O3. The van der Waals surface area contributed by atoms with E-state index in [0.29, 0.717) is 17.0 Å². The lowest BCUT2D eigenvalue weighted by atomic mass is 10.1. The number of furan rings is 1. The van der Waals surface area contributed by atoms with Crippen LogP contribution in [0.3, 0.4) is 0 Å². The number of nitrogens with one attached hydrogen (secondary N) is 2. The first-order valence-electron chi connectivity index (χ1n) is 8.60. The van der Waals surface area contributed by atoms with Crippen molar-refractivity contribution in [3.05, 3.63) is 96.0 Å². The predicted octanol–water partition coefficient (Wildman–Crippen LogP) is 4.42. The first-order chi connectivity index (χ1) is 13.1. The molecule has 27 heavy (non-hydrogen) atoms. The minimum atomic E-state index is -0.277. The Labute approximate surface area is 157 Å². The molecule has 0 bridgehead atoms. The van der Waals surface area contributed by atoms with Crippen molar-refractivity contribution in [2.24, 2.45) is 0 Å². The Kier molecular flexibility index (Phi) is 5.84. The van der Waals surface area contributed by atoms with Crippen LogP contribution in [0.2, 0.25) is 0 Å². The topological polar surface area (TPSA) is 71.3 Å². The second-order valence-corrected chi connectivity index (χ2v) is 6.02. The fraction of sp³-hybridized carbons (Fsp3) is 0.0909. The lowest BCUT2D eigenvalue weighted by molar-refractivity contribution is -0.111. The minimum Gasteiger partial charge on any atom is -0.465 e. The van der Waals surface area contributed by atoms with E-state index in [2.05, 4.69) is 10.6 Å². The molecule has 5 heteroatoms. The summed E-state index contributed by atoms with van der Waals surface area (Å²) in [6.07, 6.45) is 4.52. The molecule has 0 spiro atoms. The van der Waals surface area contributed by atoms with Crippen LogP contribution in [0, 0.1) is 0 Å². The SMILES string of the molecule is C[C@H](NC(=O)c1ccc(NC(=O)/C=C/c2ccco2)cc1)c1ccccc1. The number of carbonyl (C=O) groups excluding carboxylic acids is 2. The molecule has 0 aliphatic heterocycles. The Balaban J connectivity index is 1.56. The summed E-state index contributed by atoms with van der Waals surface area (Å²) in [6, 6.07) is 19.9. The number of hydrogen-bond acceptors (Lipinski definition) is 3. The maximum absolute atomic E-state index is 12.4. The summed E-state index contributed by atoms with van der Waals surface area (Å²) < 4.78 is 5.13. The molecule has 2 N–H and O–H groups in total. The molecule has 0 radical (unpaired) electrons. The van der Waals surface area contributed by atoms with Crippen LogP contribution >= 0.6 is 0 Å². The minimum absolute atomic E-state index is 0.0928. The molecule has 136 valence electrons. The summed E-state index contributed by atoms with van der Waals surface area (Å²) in [5, 5.41) is 5.70. The molecule has 2 amide bonds. The number of rotatable bonds is 6. The van der Waals surface area contributed by atoms with Crippen molar-refractivity contribution in [3.63, 3.8) is 0 Å². The molecule has 0 unspecified atom stereocenters. The van der Waals surface area contributed by atoms with Gasteiger partial charge in [0.2, 0.25) is 5.91 Å². The zero-order valence-corrected chi connectivity index (χ0v) is 14.9. The maximum Gasteiger partial charge on any atom is 0.251 e. The average Bonchev–Trinajstić information content (AvgIpc) is 3.21. The number of benzene rings is 2. The summed E-state index contributed by atoms with van der Waals surface area (Å²) in [5.74, 6) is 0.160. The summed E-state index contributed by atoms with van der Waals surface area (Å²) in [4.78, 5) is 24.3. The van der Waals surface area contributed by atoms with Crippen LogP contribution in [-0.4, -0.2) is 11.8 Å². The monoisotopic (exact) mass is 360 g/mol. The van der Waals surface area contributed by atoms with Crippen LogP contribution in [0.15, 0.2) is 83.5 Å². The van der Waals surface area contributed by atoms with E-state index in [1.807, 2.05) is 37.3 Å². The van der Waals surface area contributed by atoms with Crippen LogP contribution < -0.4 is 10.6 Å². The first kappa shape index (κ1) is 18.2. The highest BCUT2D eigenvalue weighted by atomic mass is 16.3. The van der Waals surface area contributed by atoms with Crippen LogP contribution in [0.25, 0.3) is 6.08 Å². The van der Waals surface area contributed by atoms with Gasteiger partial charge in [-0.2, -0.15) is 0 Å². The molecule has 1 aromatic heterocycles. The first-order valence-corrected chi connectivity index (χ1v) is 8.60. The van der Waals surface area contributed by atoms with E-state index >= 15 is 0 Å². The quantitative estimate of drug-likeness (QED) is 0.639. The molecule has 1 heterocycles. The number of hydrogen-bond donors (Lipinski definition) is 2. The molecule has 3 aromatic rings. The fourth-order valence-electron chi connectivity index (χ4n) is 2.54. The zero-order chi connectivity index (χ0) is 19.1. The molecular weight excluding hydrogens is 340 g/mol. The van der Waals surface area contributed by atoms with Crippen LogP contribution in [0.1, 0.15) is 34.6 Å². The summed E-state index contributed by atoms with van der Waals surface area (Å²) in [7, 11) is 0. The third-order valence-corrected chi connectivity index (χ3v) is 4.00. The Morgan fingerprint density at radius 1 is 0.963 bits per heavy atom. The van der Waals surface area contributed by atoms with Gasteiger partial charge in [-0.05, 0) is 55.0 Å². The van der Waals surface area contributed by atoms with E-state index in [0.717, 1.165) is 5.56 Å². The van der Waals surface area contributed by atoms with Crippen molar-refractivity contribution in [1.29, 1.82) is 0 Å². The van der Waals surface area contributed by atoms with Crippen molar-refractivity contribution in [3.8, 4) is 0 Å². The maximum atomic E-state index is 12.4. The van der Waals surface area contributed by atoms with E-state index in [1.165, 1.54) is 6.08 Å². The van der Waals surface area contributed by atoms with Crippen molar-refractivity contribution in [1.82, 2.24) is 5.32 Å². The van der Waals surface area contributed by atoms with Crippen molar-refractivity contribution >= 4 is 23.6 Å². The van der Waals surface area contributed by atoms with Gasteiger partial charge in [-0.3, -0.25) is 9.59 Å². The Morgan fingerprint density at radius 2 is 1.70 bits per heavy atom. The number of amides is 2. The number of carbonyl (C=O) groups is 2. The molecule has 0 aliphatic carbocycles. The highest BCUT2D eigenvalue weighted by Gasteiger charge is 2.11. The third-order valence-electron chi connectivity index (χ3n) is 4.00. The third kappa shape index (κ3) is 5.19. The highest BCUT2D eigenvalue weighted by Crippen LogP contribution is 2.14. The summed E-state index contributed by atoms with van der Waals surface area (Å²) >= 11 is 0. The molecule has 3 rings (SSSR count).